The first-order valence-corrected chi connectivity index (χ1v) is 8.67. The quantitative estimate of drug-likeness (QED) is 0.630. The Morgan fingerprint density at radius 2 is 1.67 bits per heavy atom. The molecule has 0 bridgehead atoms. The average molecular weight is 344 g/mol. The molecule has 7 nitrogen and oxygen atoms in total. The summed E-state index contributed by atoms with van der Waals surface area (Å²) in [6.45, 7) is 3.96. The molecule has 0 radical (unpaired) electrons. The molecule has 24 heavy (non-hydrogen) atoms. The molecule has 0 amide bonds. The lowest BCUT2D eigenvalue weighted by atomic mass is 10.1. The zero-order valence-electron chi connectivity index (χ0n) is 13.1. The first-order valence-electron chi connectivity index (χ1n) is 7.12. The number of aromatic hydroxyl groups is 1. The molecule has 8 heteroatoms. The number of aromatic nitrogens is 1. The van der Waals surface area contributed by atoms with Crippen LogP contribution in [0.1, 0.15) is 11.1 Å². The number of aromatic amines is 1. The molecule has 3 rings (SSSR count). The normalized spacial score (nSPS) is 12.3. The molecular formula is C16H16N4O3S. The number of H-pyrrole nitrogens is 1. The van der Waals surface area contributed by atoms with Gasteiger partial charge in [0.05, 0.1) is 16.1 Å². The third-order valence-electron chi connectivity index (χ3n) is 3.80. The van der Waals surface area contributed by atoms with Gasteiger partial charge in [-0.3, -0.25) is 0 Å². The maximum Gasteiger partial charge on any atom is 0.238 e. The van der Waals surface area contributed by atoms with Gasteiger partial charge in [-0.1, -0.05) is 0 Å². The number of nitrogens with two attached hydrogens (primary N) is 1. The van der Waals surface area contributed by atoms with Gasteiger partial charge in [0, 0.05) is 5.39 Å². The standard InChI is InChI=1S/C16H16N4O3S/c1-9-7-13-14(8-10(9)2)18-16(21)15(13)20-19-11-3-5-12(6-4-11)24(17,22)23/h3-8,18,21H,1-2H3,(H2,17,22,23). The molecule has 0 aliphatic heterocycles. The molecule has 3 aromatic rings. The van der Waals surface area contributed by atoms with Crippen molar-refractivity contribution in [3.05, 3.63) is 47.5 Å². The SMILES string of the molecule is Cc1cc2[nH]c(O)c(N=Nc3ccc(S(N)(=O)=O)cc3)c2cc1C. The molecule has 0 saturated heterocycles. The molecule has 0 fully saturated rings. The van der Waals surface area contributed by atoms with E-state index in [1.807, 2.05) is 26.0 Å². The fourth-order valence-electron chi connectivity index (χ4n) is 2.34. The van der Waals surface area contributed by atoms with Gasteiger partial charge >= 0.3 is 0 Å². The number of nitrogens with zero attached hydrogens (tertiary/aromatic N) is 2. The maximum atomic E-state index is 11.2. The van der Waals surface area contributed by atoms with Crippen molar-refractivity contribution < 1.29 is 13.5 Å². The molecule has 0 unspecified atom stereocenters. The Kier molecular flexibility index (Phi) is 3.86. The van der Waals surface area contributed by atoms with E-state index in [0.717, 1.165) is 22.0 Å². The van der Waals surface area contributed by atoms with Gasteiger partial charge in [-0.25, -0.2) is 13.6 Å². The van der Waals surface area contributed by atoms with Crippen LogP contribution in [0.15, 0.2) is 51.5 Å². The number of hydrogen-bond donors (Lipinski definition) is 3. The van der Waals surface area contributed by atoms with Crippen molar-refractivity contribution in [3.63, 3.8) is 0 Å². The van der Waals surface area contributed by atoms with Crippen LogP contribution >= 0.6 is 0 Å². The Morgan fingerprint density at radius 3 is 2.29 bits per heavy atom. The average Bonchev–Trinajstić information content (AvgIpc) is 2.80. The molecule has 0 saturated carbocycles. The highest BCUT2D eigenvalue weighted by Crippen LogP contribution is 2.37. The number of primary sulfonamides is 1. The molecule has 1 aromatic heterocycles. The lowest BCUT2D eigenvalue weighted by Crippen LogP contribution is -2.11. The van der Waals surface area contributed by atoms with Gasteiger partial charge in [0.15, 0.2) is 5.69 Å². The van der Waals surface area contributed by atoms with Crippen molar-refractivity contribution in [1.29, 1.82) is 0 Å². The summed E-state index contributed by atoms with van der Waals surface area (Å²) in [7, 11) is -3.74. The van der Waals surface area contributed by atoms with Gasteiger partial charge < -0.3 is 10.1 Å². The second kappa shape index (κ2) is 5.73. The summed E-state index contributed by atoms with van der Waals surface area (Å²) in [6, 6.07) is 9.55. The van der Waals surface area contributed by atoms with Crippen molar-refractivity contribution in [2.75, 3.05) is 0 Å². The number of benzene rings is 2. The molecule has 0 atom stereocenters. The number of fused-ring (bicyclic) bond motifs is 1. The summed E-state index contributed by atoms with van der Waals surface area (Å²) in [5, 5.41) is 24.0. The molecule has 4 N–H and O–H groups in total. The van der Waals surface area contributed by atoms with Crippen LogP contribution in [0.5, 0.6) is 5.88 Å². The fourth-order valence-corrected chi connectivity index (χ4v) is 2.86. The van der Waals surface area contributed by atoms with E-state index in [-0.39, 0.29) is 10.8 Å². The Bertz CT molecular complexity index is 1050. The van der Waals surface area contributed by atoms with Crippen LogP contribution in [-0.4, -0.2) is 18.5 Å². The van der Waals surface area contributed by atoms with Gasteiger partial charge in [0.1, 0.15) is 0 Å². The van der Waals surface area contributed by atoms with Gasteiger partial charge in [-0.05, 0) is 61.4 Å². The number of sulfonamides is 1. The number of azo groups is 1. The lowest BCUT2D eigenvalue weighted by Gasteiger charge is -2.00. The molecule has 0 aliphatic carbocycles. The topological polar surface area (TPSA) is 121 Å². The highest BCUT2D eigenvalue weighted by Gasteiger charge is 2.12. The Balaban J connectivity index is 1.99. The number of nitrogens with one attached hydrogen (secondary N) is 1. The van der Waals surface area contributed by atoms with Crippen LogP contribution in [0.2, 0.25) is 0 Å². The maximum absolute atomic E-state index is 11.2. The molecular weight excluding hydrogens is 328 g/mol. The van der Waals surface area contributed by atoms with Crippen molar-refractivity contribution in [3.8, 4) is 5.88 Å². The smallest absolute Gasteiger partial charge is 0.238 e. The van der Waals surface area contributed by atoms with E-state index in [2.05, 4.69) is 15.2 Å². The van der Waals surface area contributed by atoms with E-state index >= 15 is 0 Å². The van der Waals surface area contributed by atoms with E-state index in [9.17, 15) is 13.5 Å². The Labute approximate surface area is 138 Å². The summed E-state index contributed by atoms with van der Waals surface area (Å²) in [5.74, 6) is -0.0695. The monoisotopic (exact) mass is 344 g/mol. The predicted octanol–water partition coefficient (Wildman–Crippen LogP) is 3.55. The van der Waals surface area contributed by atoms with E-state index in [0.29, 0.717) is 11.4 Å². The van der Waals surface area contributed by atoms with Crippen molar-refractivity contribution in [2.24, 2.45) is 15.4 Å². The van der Waals surface area contributed by atoms with E-state index in [4.69, 9.17) is 5.14 Å². The van der Waals surface area contributed by atoms with Crippen molar-refractivity contribution in [1.82, 2.24) is 4.98 Å². The Morgan fingerprint density at radius 1 is 1.04 bits per heavy atom. The molecule has 1 heterocycles. The van der Waals surface area contributed by atoms with Crippen molar-refractivity contribution in [2.45, 2.75) is 18.7 Å². The van der Waals surface area contributed by atoms with Gasteiger partial charge in [-0.2, -0.15) is 5.11 Å². The first kappa shape index (κ1) is 16.2. The fraction of sp³-hybridized carbons (Fsp3) is 0.125. The second-order valence-electron chi connectivity index (χ2n) is 5.54. The van der Waals surface area contributed by atoms with Gasteiger partial charge in [0.25, 0.3) is 0 Å². The number of hydrogen-bond acceptors (Lipinski definition) is 5. The molecule has 0 aliphatic rings. The molecule has 124 valence electrons. The highest BCUT2D eigenvalue weighted by molar-refractivity contribution is 7.89. The minimum atomic E-state index is -3.74. The van der Waals surface area contributed by atoms with Crippen LogP contribution in [-0.2, 0) is 10.0 Å². The van der Waals surface area contributed by atoms with Gasteiger partial charge in [-0.15, -0.1) is 5.11 Å². The van der Waals surface area contributed by atoms with Crippen LogP contribution in [0.4, 0.5) is 11.4 Å². The third-order valence-corrected chi connectivity index (χ3v) is 4.73. The zero-order valence-corrected chi connectivity index (χ0v) is 13.9. The second-order valence-corrected chi connectivity index (χ2v) is 7.10. The van der Waals surface area contributed by atoms with Crippen LogP contribution in [0.25, 0.3) is 10.9 Å². The third kappa shape index (κ3) is 3.01. The van der Waals surface area contributed by atoms with E-state index < -0.39 is 10.0 Å². The summed E-state index contributed by atoms with van der Waals surface area (Å²) in [6.07, 6.45) is 0. The lowest BCUT2D eigenvalue weighted by molar-refractivity contribution is 0.459. The van der Waals surface area contributed by atoms with Crippen LogP contribution < -0.4 is 5.14 Å². The van der Waals surface area contributed by atoms with Gasteiger partial charge in [0.2, 0.25) is 15.9 Å². The van der Waals surface area contributed by atoms with Crippen molar-refractivity contribution >= 4 is 32.3 Å². The first-order chi connectivity index (χ1) is 11.3. The van der Waals surface area contributed by atoms with Crippen LogP contribution in [0.3, 0.4) is 0 Å². The predicted molar refractivity (Wildman–Crippen MR) is 91.4 cm³/mol. The van der Waals surface area contributed by atoms with Crippen LogP contribution in [0, 0.1) is 13.8 Å². The minimum absolute atomic E-state index is 0.00231. The van der Waals surface area contributed by atoms with E-state index in [1.54, 1.807) is 0 Å². The summed E-state index contributed by atoms with van der Waals surface area (Å²) in [4.78, 5) is 2.87. The molecule has 0 spiro atoms. The Hall–Kier alpha value is -2.71. The highest BCUT2D eigenvalue weighted by atomic mass is 32.2. The van der Waals surface area contributed by atoms with E-state index in [1.165, 1.54) is 24.3 Å². The summed E-state index contributed by atoms with van der Waals surface area (Å²) >= 11 is 0. The number of rotatable bonds is 3. The summed E-state index contributed by atoms with van der Waals surface area (Å²) in [5.41, 5.74) is 3.74. The zero-order chi connectivity index (χ0) is 17.5. The molecule has 2 aromatic carbocycles. The largest absolute Gasteiger partial charge is 0.493 e. The number of aryl methyl sites for hydroxylation is 2. The summed E-state index contributed by atoms with van der Waals surface area (Å²) < 4.78 is 22.5. The minimum Gasteiger partial charge on any atom is -0.493 e.